The number of non-ortho nitro benzene ring substituents is 1. The van der Waals surface area contributed by atoms with E-state index in [0.717, 1.165) is 43.9 Å². The fraction of sp³-hybridized carbons (Fsp3) is 0.423. The van der Waals surface area contributed by atoms with Crippen LogP contribution >= 0.6 is 0 Å². The Balaban J connectivity index is 1.57. The highest BCUT2D eigenvalue weighted by Gasteiger charge is 2.47. The summed E-state index contributed by atoms with van der Waals surface area (Å²) in [5.74, 6) is 2.17. The quantitative estimate of drug-likeness (QED) is 0.207. The van der Waals surface area contributed by atoms with Crippen LogP contribution in [0.25, 0.3) is 0 Å². The van der Waals surface area contributed by atoms with E-state index in [1.165, 1.54) is 23.3 Å². The third-order valence-corrected chi connectivity index (χ3v) is 7.73. The van der Waals surface area contributed by atoms with Crippen LogP contribution in [-0.4, -0.2) is 23.2 Å². The number of nitrogens with one attached hydrogen (secondary N) is 1. The number of methoxy groups -OCH3 is 1. The van der Waals surface area contributed by atoms with Gasteiger partial charge >= 0.3 is 5.69 Å². The Morgan fingerprint density at radius 3 is 2.69 bits per heavy atom. The average molecular weight is 479 g/mol. The van der Waals surface area contributed by atoms with Crippen LogP contribution in [0.15, 0.2) is 54.2 Å². The van der Waals surface area contributed by atoms with E-state index in [4.69, 9.17) is 4.74 Å². The van der Waals surface area contributed by atoms with Crippen LogP contribution in [0.1, 0.15) is 49.7 Å². The lowest BCUT2D eigenvalue weighted by molar-refractivity contribution is -0.393. The summed E-state index contributed by atoms with van der Waals surface area (Å²) in [5, 5.41) is 26.8. The first-order chi connectivity index (χ1) is 16.8. The van der Waals surface area contributed by atoms with Crippen molar-refractivity contribution in [2.24, 2.45) is 22.4 Å². The molecule has 2 aliphatic carbocycles. The summed E-state index contributed by atoms with van der Waals surface area (Å²) in [6.07, 6.45) is 8.72. The molecule has 0 saturated heterocycles. The lowest BCUT2D eigenvalue weighted by Crippen LogP contribution is -2.43. The topological polar surface area (TPSA) is 120 Å². The maximum Gasteiger partial charge on any atom is 0.301 e. The van der Waals surface area contributed by atoms with E-state index in [2.05, 4.69) is 36.2 Å². The predicted octanol–water partition coefficient (Wildman–Crippen LogP) is 6.25. The van der Waals surface area contributed by atoms with Gasteiger partial charge in [-0.2, -0.15) is 5.10 Å². The molecule has 2 aromatic carbocycles. The summed E-state index contributed by atoms with van der Waals surface area (Å²) in [6, 6.07) is 9.90. The molecule has 35 heavy (non-hydrogen) atoms. The van der Waals surface area contributed by atoms with Crippen molar-refractivity contribution < 1.29 is 14.6 Å². The number of hydrogen-bond acceptors (Lipinski definition) is 7. The van der Waals surface area contributed by atoms with Crippen LogP contribution in [0, 0.1) is 37.5 Å². The van der Waals surface area contributed by atoms with Crippen molar-refractivity contribution in [3.63, 3.8) is 0 Å². The van der Waals surface area contributed by atoms with E-state index in [-0.39, 0.29) is 22.5 Å². The zero-order valence-electron chi connectivity index (χ0n) is 20.0. The molecule has 0 aliphatic heterocycles. The first-order valence-corrected chi connectivity index (χ1v) is 11.8. The number of benzene rings is 2. The molecule has 0 spiro atoms. The molecule has 0 aromatic heterocycles. The number of fused-ring (bicyclic) bond motifs is 3. The van der Waals surface area contributed by atoms with Crippen molar-refractivity contribution in [1.82, 2.24) is 0 Å². The van der Waals surface area contributed by atoms with Gasteiger partial charge in [0, 0.05) is 17.7 Å². The number of anilines is 1. The molecule has 2 aromatic rings. The molecule has 0 radical (unpaired) electrons. The normalized spacial score (nSPS) is 25.4. The van der Waals surface area contributed by atoms with Crippen molar-refractivity contribution in [2.75, 3.05) is 12.5 Å². The van der Waals surface area contributed by atoms with Crippen molar-refractivity contribution in [3.8, 4) is 5.75 Å². The van der Waals surface area contributed by atoms with E-state index in [0.29, 0.717) is 17.8 Å². The second-order valence-electron chi connectivity index (χ2n) is 9.63. The van der Waals surface area contributed by atoms with Crippen LogP contribution in [0.2, 0.25) is 0 Å². The van der Waals surface area contributed by atoms with E-state index in [1.807, 2.05) is 18.4 Å². The average Bonchev–Trinajstić information content (AvgIpc) is 2.85. The van der Waals surface area contributed by atoms with Gasteiger partial charge < -0.3 is 4.74 Å². The number of ether oxygens (including phenoxy) is 1. The molecule has 0 heterocycles. The van der Waals surface area contributed by atoms with Crippen LogP contribution < -0.4 is 10.2 Å². The number of hydrazone groups is 1. The van der Waals surface area contributed by atoms with E-state index in [1.54, 1.807) is 7.11 Å². The van der Waals surface area contributed by atoms with Gasteiger partial charge in [0.25, 0.3) is 5.69 Å². The number of nitro benzene ring substituents is 2. The van der Waals surface area contributed by atoms with Crippen LogP contribution in [-0.2, 0) is 6.42 Å². The Hall–Kier alpha value is -3.75. The molecule has 2 aliphatic rings. The molecular formula is C26H30N4O5. The molecule has 9 heteroatoms. The van der Waals surface area contributed by atoms with Crippen LogP contribution in [0.5, 0.6) is 5.75 Å². The molecular weight excluding hydrogens is 448 g/mol. The monoisotopic (exact) mass is 478 g/mol. The van der Waals surface area contributed by atoms with E-state index >= 15 is 0 Å². The summed E-state index contributed by atoms with van der Waals surface area (Å²) in [4.78, 5) is 21.1. The summed E-state index contributed by atoms with van der Waals surface area (Å²) in [7, 11) is 1.69. The molecule has 0 amide bonds. The highest BCUT2D eigenvalue weighted by Crippen LogP contribution is 2.55. The number of nitro groups is 2. The van der Waals surface area contributed by atoms with Crippen molar-refractivity contribution in [1.29, 1.82) is 0 Å². The fourth-order valence-electron chi connectivity index (χ4n) is 5.95. The summed E-state index contributed by atoms with van der Waals surface area (Å²) in [5.41, 5.74) is 4.72. The highest BCUT2D eigenvalue weighted by atomic mass is 16.6. The summed E-state index contributed by atoms with van der Waals surface area (Å²) >= 11 is 0. The number of nitrogens with zero attached hydrogens (tertiary/aromatic N) is 3. The second kappa shape index (κ2) is 9.85. The molecule has 1 saturated carbocycles. The zero-order valence-corrected chi connectivity index (χ0v) is 20.0. The molecule has 0 unspecified atom stereocenters. The number of aryl methyl sites for hydroxylation is 1. The smallest absolute Gasteiger partial charge is 0.301 e. The minimum absolute atomic E-state index is 0.120. The van der Waals surface area contributed by atoms with Gasteiger partial charge in [-0.1, -0.05) is 19.1 Å². The Morgan fingerprint density at radius 1 is 1.20 bits per heavy atom. The SMILES string of the molecule is C=CC[C@H]1[C@@H]2CCc3cc(OC)ccc3[C@H]2CC[C@]1(C)/C=N/Nc1ccc([N+](=O)[O-])cc1[N+](=O)[O-]. The van der Waals surface area contributed by atoms with Gasteiger partial charge in [-0.3, -0.25) is 25.7 Å². The fourth-order valence-corrected chi connectivity index (χ4v) is 5.95. The van der Waals surface area contributed by atoms with Gasteiger partial charge in [-0.15, -0.1) is 6.58 Å². The Kier molecular flexibility index (Phi) is 6.86. The predicted molar refractivity (Wildman–Crippen MR) is 135 cm³/mol. The Morgan fingerprint density at radius 2 is 2.00 bits per heavy atom. The molecule has 9 nitrogen and oxygen atoms in total. The van der Waals surface area contributed by atoms with Gasteiger partial charge in [0.1, 0.15) is 11.4 Å². The van der Waals surface area contributed by atoms with Gasteiger partial charge in [-0.25, -0.2) is 0 Å². The summed E-state index contributed by atoms with van der Waals surface area (Å²) < 4.78 is 5.42. The highest BCUT2D eigenvalue weighted by molar-refractivity contribution is 5.70. The van der Waals surface area contributed by atoms with Crippen LogP contribution in [0.4, 0.5) is 17.1 Å². The lowest BCUT2D eigenvalue weighted by atomic mass is 9.54. The molecule has 0 bridgehead atoms. The standard InChI is InChI=1S/C26H30N4O5/c1-4-5-23-22-9-6-17-14-19(35-3)8-10-20(17)21(22)12-13-26(23,2)16-27-28-24-11-7-18(29(31)32)15-25(24)30(33)34/h4,7-8,10-11,14-16,21-23,28H,1,5-6,9,12-13H2,2-3H3/b27-16+/t21-,22-,23+,26-/m1/s1. The zero-order chi connectivity index (χ0) is 25.2. The molecule has 4 rings (SSSR count). The number of rotatable bonds is 8. The summed E-state index contributed by atoms with van der Waals surface area (Å²) in [6.45, 7) is 6.19. The largest absolute Gasteiger partial charge is 0.497 e. The number of allylic oxidation sites excluding steroid dienone is 1. The molecule has 1 N–H and O–H groups in total. The molecule has 1 fully saturated rings. The Bertz CT molecular complexity index is 1180. The molecule has 4 atom stereocenters. The van der Waals surface area contributed by atoms with Gasteiger partial charge in [0.2, 0.25) is 0 Å². The van der Waals surface area contributed by atoms with Crippen molar-refractivity contribution >= 4 is 23.3 Å². The van der Waals surface area contributed by atoms with E-state index < -0.39 is 9.85 Å². The lowest BCUT2D eigenvalue weighted by Gasteiger charge is -2.50. The minimum atomic E-state index is -0.655. The maximum atomic E-state index is 11.4. The van der Waals surface area contributed by atoms with Gasteiger partial charge in [-0.05, 0) is 79.2 Å². The van der Waals surface area contributed by atoms with E-state index in [9.17, 15) is 20.2 Å². The third kappa shape index (κ3) is 4.76. The minimum Gasteiger partial charge on any atom is -0.497 e. The maximum absolute atomic E-state index is 11.4. The first-order valence-electron chi connectivity index (χ1n) is 11.8. The van der Waals surface area contributed by atoms with Gasteiger partial charge in [0.15, 0.2) is 0 Å². The number of hydrogen-bond donors (Lipinski definition) is 1. The van der Waals surface area contributed by atoms with Gasteiger partial charge in [0.05, 0.1) is 23.0 Å². The van der Waals surface area contributed by atoms with Crippen molar-refractivity contribution in [2.45, 2.75) is 44.9 Å². The second-order valence-corrected chi connectivity index (χ2v) is 9.63. The first kappa shape index (κ1) is 24.4. The van der Waals surface area contributed by atoms with Crippen molar-refractivity contribution in [3.05, 3.63) is 80.4 Å². The molecule has 184 valence electrons. The van der Waals surface area contributed by atoms with Crippen LogP contribution in [0.3, 0.4) is 0 Å². The Labute approximate surface area is 204 Å². The third-order valence-electron chi connectivity index (χ3n) is 7.73.